The summed E-state index contributed by atoms with van der Waals surface area (Å²) in [5, 5.41) is 9.75. The number of aromatic carboxylic acids is 1. The van der Waals surface area contributed by atoms with Crippen molar-refractivity contribution in [2.24, 2.45) is 0 Å². The van der Waals surface area contributed by atoms with Gasteiger partial charge in [0.1, 0.15) is 0 Å². The molecule has 0 amide bonds. The molecular formula is C10H4BrCl2NO2S. The molecule has 3 nitrogen and oxygen atoms in total. The minimum Gasteiger partial charge on any atom is -0.476 e. The van der Waals surface area contributed by atoms with Crippen LogP contribution in [0.1, 0.15) is 10.5 Å². The Morgan fingerprint density at radius 2 is 2.12 bits per heavy atom. The first-order chi connectivity index (χ1) is 8.00. The van der Waals surface area contributed by atoms with Crippen LogP contribution in [0, 0.1) is 0 Å². The Bertz CT molecular complexity index is 600. The van der Waals surface area contributed by atoms with Gasteiger partial charge in [0.2, 0.25) is 0 Å². The van der Waals surface area contributed by atoms with E-state index in [1.54, 1.807) is 18.2 Å². The first kappa shape index (κ1) is 12.8. The summed E-state index contributed by atoms with van der Waals surface area (Å²) >= 11 is 16.3. The van der Waals surface area contributed by atoms with Gasteiger partial charge < -0.3 is 5.11 Å². The highest BCUT2D eigenvalue weighted by Gasteiger charge is 2.20. The predicted molar refractivity (Wildman–Crippen MR) is 72.2 cm³/mol. The highest BCUT2D eigenvalue weighted by Crippen LogP contribution is 2.39. The fraction of sp³-hybridized carbons (Fsp3) is 0. The van der Waals surface area contributed by atoms with Crippen molar-refractivity contribution in [3.63, 3.8) is 0 Å². The Balaban J connectivity index is 2.68. The average molecular weight is 353 g/mol. The molecule has 0 radical (unpaired) electrons. The fourth-order valence-corrected chi connectivity index (χ4v) is 3.23. The molecule has 0 aliphatic heterocycles. The van der Waals surface area contributed by atoms with Gasteiger partial charge in [0, 0.05) is 5.56 Å². The van der Waals surface area contributed by atoms with E-state index in [0.717, 1.165) is 0 Å². The monoisotopic (exact) mass is 351 g/mol. The van der Waals surface area contributed by atoms with Gasteiger partial charge in [-0.2, -0.15) is 0 Å². The molecule has 0 aliphatic rings. The van der Waals surface area contributed by atoms with Crippen LogP contribution in [0.15, 0.2) is 22.1 Å². The second-order valence-corrected chi connectivity index (χ2v) is 6.11. The Morgan fingerprint density at radius 3 is 2.76 bits per heavy atom. The van der Waals surface area contributed by atoms with Crippen molar-refractivity contribution < 1.29 is 9.90 Å². The number of hydrogen-bond acceptors (Lipinski definition) is 3. The Kier molecular flexibility index (Phi) is 3.73. The molecule has 1 aromatic carbocycles. The quantitative estimate of drug-likeness (QED) is 0.860. The minimum absolute atomic E-state index is 0.0361. The van der Waals surface area contributed by atoms with Gasteiger partial charge in [-0.1, -0.05) is 35.3 Å². The highest BCUT2D eigenvalue weighted by molar-refractivity contribution is 9.11. The molecule has 0 saturated heterocycles. The highest BCUT2D eigenvalue weighted by atomic mass is 79.9. The molecule has 17 heavy (non-hydrogen) atoms. The van der Waals surface area contributed by atoms with E-state index in [9.17, 15) is 4.79 Å². The second-order valence-electron chi connectivity index (χ2n) is 3.05. The molecular weight excluding hydrogens is 349 g/mol. The van der Waals surface area contributed by atoms with Crippen LogP contribution in [0.3, 0.4) is 0 Å². The van der Waals surface area contributed by atoms with Gasteiger partial charge in [-0.15, -0.1) is 11.3 Å². The van der Waals surface area contributed by atoms with Crippen LogP contribution < -0.4 is 0 Å². The largest absolute Gasteiger partial charge is 0.476 e. The van der Waals surface area contributed by atoms with E-state index in [1.165, 1.54) is 11.3 Å². The second kappa shape index (κ2) is 4.94. The molecule has 1 aromatic heterocycles. The maximum Gasteiger partial charge on any atom is 0.356 e. The molecule has 0 saturated carbocycles. The predicted octanol–water partition coefficient (Wildman–Crippen LogP) is 4.58. The third-order valence-electron chi connectivity index (χ3n) is 2.00. The summed E-state index contributed by atoms with van der Waals surface area (Å²) < 4.78 is 0.487. The molecule has 0 aliphatic carbocycles. The Labute approximate surface area is 119 Å². The SMILES string of the molecule is O=C(O)c1nc(Br)sc1-c1cccc(Cl)c1Cl. The van der Waals surface area contributed by atoms with E-state index >= 15 is 0 Å². The van der Waals surface area contributed by atoms with Crippen LogP contribution >= 0.6 is 50.5 Å². The third kappa shape index (κ3) is 2.47. The number of halogens is 3. The summed E-state index contributed by atoms with van der Waals surface area (Å²) in [6, 6.07) is 5.06. The first-order valence-electron chi connectivity index (χ1n) is 4.34. The lowest BCUT2D eigenvalue weighted by Gasteiger charge is -2.03. The number of carbonyl (C=O) groups is 1. The van der Waals surface area contributed by atoms with Gasteiger partial charge in [-0.3, -0.25) is 0 Å². The summed E-state index contributed by atoms with van der Waals surface area (Å²) in [6.07, 6.45) is 0. The smallest absolute Gasteiger partial charge is 0.356 e. The number of aromatic nitrogens is 1. The fourth-order valence-electron chi connectivity index (χ4n) is 1.30. The van der Waals surface area contributed by atoms with Crippen LogP contribution in [-0.4, -0.2) is 16.1 Å². The van der Waals surface area contributed by atoms with Gasteiger partial charge in [-0.25, -0.2) is 9.78 Å². The first-order valence-corrected chi connectivity index (χ1v) is 6.71. The number of hydrogen-bond donors (Lipinski definition) is 1. The summed E-state index contributed by atoms with van der Waals surface area (Å²) in [5.41, 5.74) is 0.533. The molecule has 2 rings (SSSR count). The lowest BCUT2D eigenvalue weighted by Crippen LogP contribution is -1.98. The van der Waals surface area contributed by atoms with Crippen LogP contribution in [0.4, 0.5) is 0 Å². The number of benzene rings is 1. The van der Waals surface area contributed by atoms with Gasteiger partial charge in [0.25, 0.3) is 0 Å². The van der Waals surface area contributed by atoms with Crippen molar-refractivity contribution >= 4 is 56.4 Å². The average Bonchev–Trinajstić information content (AvgIpc) is 2.64. The van der Waals surface area contributed by atoms with Crippen molar-refractivity contribution in [2.45, 2.75) is 0 Å². The van der Waals surface area contributed by atoms with Crippen molar-refractivity contribution in [3.05, 3.63) is 37.9 Å². The Hall–Kier alpha value is -0.620. The molecule has 0 unspecified atom stereocenters. The molecule has 2 aromatic rings. The molecule has 1 N–H and O–H groups in total. The van der Waals surface area contributed by atoms with Gasteiger partial charge in [0.15, 0.2) is 9.61 Å². The summed E-state index contributed by atoms with van der Waals surface area (Å²) in [6.45, 7) is 0. The van der Waals surface area contributed by atoms with E-state index in [4.69, 9.17) is 28.3 Å². The van der Waals surface area contributed by atoms with E-state index in [-0.39, 0.29) is 5.69 Å². The van der Waals surface area contributed by atoms with E-state index in [2.05, 4.69) is 20.9 Å². The van der Waals surface area contributed by atoms with Crippen molar-refractivity contribution in [3.8, 4) is 10.4 Å². The number of carboxylic acids is 1. The van der Waals surface area contributed by atoms with Gasteiger partial charge in [-0.05, 0) is 22.0 Å². The Morgan fingerprint density at radius 1 is 1.41 bits per heavy atom. The zero-order valence-corrected chi connectivity index (χ0v) is 12.0. The lowest BCUT2D eigenvalue weighted by atomic mass is 10.1. The van der Waals surface area contributed by atoms with Gasteiger partial charge >= 0.3 is 5.97 Å². The molecule has 88 valence electrons. The zero-order valence-electron chi connectivity index (χ0n) is 8.08. The van der Waals surface area contributed by atoms with E-state index in [1.807, 2.05) is 0 Å². The topological polar surface area (TPSA) is 50.2 Å². The number of rotatable bonds is 2. The van der Waals surface area contributed by atoms with Crippen LogP contribution in [0.5, 0.6) is 0 Å². The maximum atomic E-state index is 11.1. The molecule has 0 bridgehead atoms. The maximum absolute atomic E-state index is 11.1. The lowest BCUT2D eigenvalue weighted by molar-refractivity contribution is 0.0692. The van der Waals surface area contributed by atoms with E-state index in [0.29, 0.717) is 24.4 Å². The summed E-state index contributed by atoms with van der Waals surface area (Å²) in [7, 11) is 0. The van der Waals surface area contributed by atoms with Crippen LogP contribution in [0.2, 0.25) is 10.0 Å². The normalized spacial score (nSPS) is 10.5. The molecule has 0 atom stereocenters. The van der Waals surface area contributed by atoms with Gasteiger partial charge in [0.05, 0.1) is 14.9 Å². The summed E-state index contributed by atoms with van der Waals surface area (Å²) in [5.74, 6) is -1.10. The van der Waals surface area contributed by atoms with Crippen molar-refractivity contribution in [2.75, 3.05) is 0 Å². The minimum atomic E-state index is -1.10. The van der Waals surface area contributed by atoms with Crippen molar-refractivity contribution in [1.82, 2.24) is 4.98 Å². The van der Waals surface area contributed by atoms with Crippen LogP contribution in [0.25, 0.3) is 10.4 Å². The molecule has 1 heterocycles. The number of thiazole rings is 1. The number of nitrogens with zero attached hydrogens (tertiary/aromatic N) is 1. The van der Waals surface area contributed by atoms with E-state index < -0.39 is 5.97 Å². The molecule has 7 heteroatoms. The zero-order chi connectivity index (χ0) is 12.6. The standard InChI is InChI=1S/C10H4BrCl2NO2S/c11-10-14-7(9(15)16)8(17-10)4-2-1-3-5(12)6(4)13/h1-3H,(H,15,16). The third-order valence-corrected chi connectivity index (χ3v) is 4.36. The number of carboxylic acid groups (broad SMARTS) is 1. The van der Waals surface area contributed by atoms with Crippen molar-refractivity contribution in [1.29, 1.82) is 0 Å². The molecule has 0 spiro atoms. The molecule has 0 fully saturated rings. The van der Waals surface area contributed by atoms with Crippen LogP contribution in [-0.2, 0) is 0 Å². The summed E-state index contributed by atoms with van der Waals surface area (Å²) in [4.78, 5) is 15.4.